The third-order valence-corrected chi connectivity index (χ3v) is 4.26. The Morgan fingerprint density at radius 3 is 2.46 bits per heavy atom. The lowest BCUT2D eigenvalue weighted by Crippen LogP contribution is -2.52. The van der Waals surface area contributed by atoms with Gasteiger partial charge >= 0.3 is 0 Å². The quantitative estimate of drug-likeness (QED) is 0.845. The molecule has 3 rings (SSSR count). The highest BCUT2D eigenvalue weighted by molar-refractivity contribution is 5.92. The molecule has 0 N–H and O–H groups in total. The molecule has 1 atom stereocenters. The Kier molecular flexibility index (Phi) is 4.55. The summed E-state index contributed by atoms with van der Waals surface area (Å²) in [6.07, 6.45) is 3.10. The smallest absolute Gasteiger partial charge is 0.274 e. The number of aryl methyl sites for hydroxylation is 1. The molecule has 1 saturated heterocycles. The van der Waals surface area contributed by atoms with Crippen LogP contribution in [0.15, 0.2) is 42.7 Å². The summed E-state index contributed by atoms with van der Waals surface area (Å²) in [5, 5.41) is 0. The minimum atomic E-state index is -0.147. The zero-order chi connectivity index (χ0) is 17.1. The van der Waals surface area contributed by atoms with Crippen LogP contribution in [0.4, 0.5) is 0 Å². The highest BCUT2D eigenvalue weighted by Crippen LogP contribution is 2.26. The molecule has 6 nitrogen and oxygen atoms in total. The lowest BCUT2D eigenvalue weighted by Gasteiger charge is -2.41. The van der Waals surface area contributed by atoms with Crippen molar-refractivity contribution in [1.29, 1.82) is 0 Å². The predicted molar refractivity (Wildman–Crippen MR) is 89.2 cm³/mol. The molecule has 1 unspecified atom stereocenters. The van der Waals surface area contributed by atoms with Gasteiger partial charge in [-0.2, -0.15) is 0 Å². The van der Waals surface area contributed by atoms with Gasteiger partial charge in [0.2, 0.25) is 5.91 Å². The summed E-state index contributed by atoms with van der Waals surface area (Å²) in [4.78, 5) is 36.5. The number of carbonyl (C=O) groups is 2. The molecule has 1 aliphatic heterocycles. The van der Waals surface area contributed by atoms with E-state index in [-0.39, 0.29) is 17.9 Å². The molecule has 0 aliphatic carbocycles. The van der Waals surface area contributed by atoms with Crippen molar-refractivity contribution in [2.75, 3.05) is 19.6 Å². The van der Waals surface area contributed by atoms with E-state index in [9.17, 15) is 9.59 Å². The van der Waals surface area contributed by atoms with Gasteiger partial charge in [0.05, 0.1) is 17.9 Å². The third kappa shape index (κ3) is 3.27. The lowest BCUT2D eigenvalue weighted by molar-refractivity contribution is -0.133. The molecule has 124 valence electrons. The maximum absolute atomic E-state index is 12.7. The molecule has 0 spiro atoms. The second-order valence-corrected chi connectivity index (χ2v) is 5.93. The van der Waals surface area contributed by atoms with Gasteiger partial charge in [0.25, 0.3) is 5.91 Å². The summed E-state index contributed by atoms with van der Waals surface area (Å²) in [6, 6.07) is 9.66. The fraction of sp³-hybridized carbons (Fsp3) is 0.333. The molecule has 1 fully saturated rings. The van der Waals surface area contributed by atoms with E-state index in [1.54, 1.807) is 18.0 Å². The third-order valence-electron chi connectivity index (χ3n) is 4.26. The molecule has 2 aromatic rings. The van der Waals surface area contributed by atoms with E-state index < -0.39 is 0 Å². The first-order valence-corrected chi connectivity index (χ1v) is 7.96. The van der Waals surface area contributed by atoms with Crippen LogP contribution in [0.1, 0.15) is 34.7 Å². The second-order valence-electron chi connectivity index (χ2n) is 5.93. The van der Waals surface area contributed by atoms with Gasteiger partial charge in [-0.3, -0.25) is 14.6 Å². The average Bonchev–Trinajstić information content (AvgIpc) is 2.62. The van der Waals surface area contributed by atoms with Crippen molar-refractivity contribution in [2.24, 2.45) is 0 Å². The Morgan fingerprint density at radius 2 is 1.83 bits per heavy atom. The zero-order valence-corrected chi connectivity index (χ0v) is 13.8. The summed E-state index contributed by atoms with van der Waals surface area (Å²) in [5.74, 6) is -0.127. The monoisotopic (exact) mass is 324 g/mol. The normalized spacial score (nSPS) is 17.7. The van der Waals surface area contributed by atoms with Crippen LogP contribution in [0.5, 0.6) is 0 Å². The van der Waals surface area contributed by atoms with Crippen molar-refractivity contribution in [3.8, 4) is 0 Å². The van der Waals surface area contributed by atoms with E-state index in [1.807, 2.05) is 42.2 Å². The van der Waals surface area contributed by atoms with Crippen LogP contribution in [0.3, 0.4) is 0 Å². The van der Waals surface area contributed by atoms with Crippen LogP contribution in [-0.4, -0.2) is 51.2 Å². The summed E-state index contributed by atoms with van der Waals surface area (Å²) >= 11 is 0. The predicted octanol–water partition coefficient (Wildman–Crippen LogP) is 1.83. The molecule has 1 aliphatic rings. The minimum Gasteiger partial charge on any atom is -0.333 e. The molecule has 2 heterocycles. The van der Waals surface area contributed by atoms with Gasteiger partial charge in [0.1, 0.15) is 5.69 Å². The highest BCUT2D eigenvalue weighted by Gasteiger charge is 2.32. The number of amides is 2. The first kappa shape index (κ1) is 16.1. The SMILES string of the molecule is CC(=O)N1CCN(C(=O)c2cnc(C)cn2)CC1c1ccccc1. The molecule has 2 amide bonds. The van der Waals surface area contributed by atoms with Crippen LogP contribution in [0.25, 0.3) is 0 Å². The van der Waals surface area contributed by atoms with Crippen molar-refractivity contribution in [3.05, 3.63) is 59.7 Å². The van der Waals surface area contributed by atoms with E-state index in [1.165, 1.54) is 6.20 Å². The van der Waals surface area contributed by atoms with E-state index in [4.69, 9.17) is 0 Å². The average molecular weight is 324 g/mol. The van der Waals surface area contributed by atoms with Crippen molar-refractivity contribution in [3.63, 3.8) is 0 Å². The van der Waals surface area contributed by atoms with Crippen molar-refractivity contribution in [1.82, 2.24) is 19.8 Å². The fourth-order valence-electron chi connectivity index (χ4n) is 2.97. The number of aromatic nitrogens is 2. The fourth-order valence-corrected chi connectivity index (χ4v) is 2.97. The Labute approximate surface area is 141 Å². The molecular weight excluding hydrogens is 304 g/mol. The van der Waals surface area contributed by atoms with Crippen LogP contribution < -0.4 is 0 Å². The van der Waals surface area contributed by atoms with Gasteiger partial charge in [-0.05, 0) is 12.5 Å². The largest absolute Gasteiger partial charge is 0.333 e. The first-order valence-electron chi connectivity index (χ1n) is 7.96. The number of hydrogen-bond donors (Lipinski definition) is 0. The Morgan fingerprint density at radius 1 is 1.08 bits per heavy atom. The molecule has 6 heteroatoms. The van der Waals surface area contributed by atoms with E-state index in [0.717, 1.165) is 11.3 Å². The maximum Gasteiger partial charge on any atom is 0.274 e. The van der Waals surface area contributed by atoms with Gasteiger partial charge in [-0.25, -0.2) is 4.98 Å². The standard InChI is InChI=1S/C18H20N4O2/c1-13-10-20-16(11-19-13)18(24)21-8-9-22(14(2)23)17(12-21)15-6-4-3-5-7-15/h3-7,10-11,17H,8-9,12H2,1-2H3. The van der Waals surface area contributed by atoms with Crippen molar-refractivity contribution >= 4 is 11.8 Å². The van der Waals surface area contributed by atoms with Crippen molar-refractivity contribution < 1.29 is 9.59 Å². The number of rotatable bonds is 2. The molecule has 1 aromatic heterocycles. The highest BCUT2D eigenvalue weighted by atomic mass is 16.2. The molecule has 0 radical (unpaired) electrons. The summed E-state index contributed by atoms with van der Waals surface area (Å²) in [7, 11) is 0. The summed E-state index contributed by atoms with van der Waals surface area (Å²) in [6.45, 7) is 4.87. The molecule has 0 bridgehead atoms. The van der Waals surface area contributed by atoms with Crippen LogP contribution in [0.2, 0.25) is 0 Å². The van der Waals surface area contributed by atoms with Gasteiger partial charge < -0.3 is 9.80 Å². The van der Waals surface area contributed by atoms with Crippen molar-refractivity contribution in [2.45, 2.75) is 19.9 Å². The number of benzene rings is 1. The van der Waals surface area contributed by atoms with Gasteiger partial charge in [0.15, 0.2) is 0 Å². The second kappa shape index (κ2) is 6.78. The van der Waals surface area contributed by atoms with Crippen LogP contribution in [-0.2, 0) is 4.79 Å². The van der Waals surface area contributed by atoms with Gasteiger partial charge in [-0.1, -0.05) is 30.3 Å². The number of hydrogen-bond acceptors (Lipinski definition) is 4. The first-order chi connectivity index (χ1) is 11.6. The summed E-state index contributed by atoms with van der Waals surface area (Å²) in [5.41, 5.74) is 2.14. The topological polar surface area (TPSA) is 66.4 Å². The maximum atomic E-state index is 12.7. The van der Waals surface area contributed by atoms with E-state index >= 15 is 0 Å². The number of nitrogens with zero attached hydrogens (tertiary/aromatic N) is 4. The van der Waals surface area contributed by atoms with Crippen LogP contribution in [0, 0.1) is 6.92 Å². The molecule has 24 heavy (non-hydrogen) atoms. The Balaban J connectivity index is 1.83. The number of piperazine rings is 1. The molecule has 1 aromatic carbocycles. The summed E-state index contributed by atoms with van der Waals surface area (Å²) < 4.78 is 0. The van der Waals surface area contributed by atoms with Gasteiger partial charge in [-0.15, -0.1) is 0 Å². The molecular formula is C18H20N4O2. The lowest BCUT2D eigenvalue weighted by atomic mass is 10.0. The van der Waals surface area contributed by atoms with E-state index in [2.05, 4.69) is 9.97 Å². The Hall–Kier alpha value is -2.76. The van der Waals surface area contributed by atoms with Gasteiger partial charge in [0, 0.05) is 32.8 Å². The molecule has 0 saturated carbocycles. The number of carbonyl (C=O) groups excluding carboxylic acids is 2. The van der Waals surface area contributed by atoms with Crippen LogP contribution >= 0.6 is 0 Å². The Bertz CT molecular complexity index is 730. The zero-order valence-electron chi connectivity index (χ0n) is 13.8. The van der Waals surface area contributed by atoms with E-state index in [0.29, 0.717) is 25.3 Å². The minimum absolute atomic E-state index is 0.0195.